The van der Waals surface area contributed by atoms with E-state index in [-0.39, 0.29) is 11.9 Å². The summed E-state index contributed by atoms with van der Waals surface area (Å²) in [4.78, 5) is 4.93. The number of nitrogens with two attached hydrogens (primary N) is 1. The summed E-state index contributed by atoms with van der Waals surface area (Å²) in [5.41, 5.74) is 6.90. The zero-order valence-electron chi connectivity index (χ0n) is 12.3. The molecule has 0 aromatic heterocycles. The summed E-state index contributed by atoms with van der Waals surface area (Å²) in [7, 11) is 0. The van der Waals surface area contributed by atoms with Gasteiger partial charge in [-0.25, -0.2) is 4.39 Å². The predicted octanol–water partition coefficient (Wildman–Crippen LogP) is 2.51. The van der Waals surface area contributed by atoms with Gasteiger partial charge in [-0.1, -0.05) is 17.7 Å². The van der Waals surface area contributed by atoms with E-state index < -0.39 is 0 Å². The van der Waals surface area contributed by atoms with E-state index in [1.807, 2.05) is 0 Å². The van der Waals surface area contributed by atoms with Gasteiger partial charge >= 0.3 is 0 Å². The van der Waals surface area contributed by atoms with Crippen LogP contribution in [0.2, 0.25) is 5.02 Å². The normalized spacial score (nSPS) is 22.4. The smallest absolute Gasteiger partial charge is 0.124 e. The van der Waals surface area contributed by atoms with Gasteiger partial charge in [0.2, 0.25) is 0 Å². The summed E-state index contributed by atoms with van der Waals surface area (Å²) in [5, 5.41) is 0.478. The minimum atomic E-state index is -0.297. The molecule has 2 fully saturated rings. The van der Waals surface area contributed by atoms with Crippen LogP contribution < -0.4 is 5.73 Å². The summed E-state index contributed by atoms with van der Waals surface area (Å²) in [6.45, 7) is 5.94. The average molecular weight is 312 g/mol. The van der Waals surface area contributed by atoms with E-state index in [9.17, 15) is 4.39 Å². The van der Waals surface area contributed by atoms with Crippen molar-refractivity contribution in [3.63, 3.8) is 0 Å². The predicted molar refractivity (Wildman–Crippen MR) is 83.9 cm³/mol. The minimum absolute atomic E-state index is 0.0844. The first-order valence-electron chi connectivity index (χ1n) is 7.79. The van der Waals surface area contributed by atoms with Crippen LogP contribution >= 0.6 is 11.6 Å². The van der Waals surface area contributed by atoms with Crippen LogP contribution in [0.4, 0.5) is 4.39 Å². The average Bonchev–Trinajstić information content (AvgIpc) is 3.27. The van der Waals surface area contributed by atoms with Gasteiger partial charge in [0.05, 0.1) is 0 Å². The van der Waals surface area contributed by atoms with Gasteiger partial charge in [0.1, 0.15) is 5.82 Å². The highest BCUT2D eigenvalue weighted by molar-refractivity contribution is 6.31. The molecule has 1 saturated carbocycles. The van der Waals surface area contributed by atoms with Gasteiger partial charge in [0.25, 0.3) is 0 Å². The first-order valence-corrected chi connectivity index (χ1v) is 8.16. The molecule has 1 aromatic rings. The number of hydrogen-bond acceptors (Lipinski definition) is 3. The Bertz CT molecular complexity index is 484. The van der Waals surface area contributed by atoms with Crippen LogP contribution in [0.25, 0.3) is 0 Å². The molecule has 1 aliphatic carbocycles. The summed E-state index contributed by atoms with van der Waals surface area (Å²) in [6.07, 6.45) is 2.80. The monoisotopic (exact) mass is 311 g/mol. The lowest BCUT2D eigenvalue weighted by molar-refractivity contribution is 0.0956. The maximum atomic E-state index is 13.2. The first-order chi connectivity index (χ1) is 10.2. The molecule has 116 valence electrons. The molecule has 0 bridgehead atoms. The quantitative estimate of drug-likeness (QED) is 0.907. The highest BCUT2D eigenvalue weighted by Crippen LogP contribution is 2.31. The Balaban J connectivity index is 1.63. The Hall–Kier alpha value is -0.680. The second-order valence-electron chi connectivity index (χ2n) is 6.20. The molecule has 1 saturated heterocycles. The molecule has 1 aromatic carbocycles. The third-order valence-electron chi connectivity index (χ3n) is 4.61. The van der Waals surface area contributed by atoms with E-state index in [0.717, 1.165) is 37.7 Å². The van der Waals surface area contributed by atoms with E-state index in [1.54, 1.807) is 6.07 Å². The van der Waals surface area contributed by atoms with E-state index in [2.05, 4.69) is 9.80 Å². The topological polar surface area (TPSA) is 32.5 Å². The molecule has 1 aliphatic heterocycles. The maximum Gasteiger partial charge on any atom is 0.124 e. The van der Waals surface area contributed by atoms with Crippen molar-refractivity contribution in [1.29, 1.82) is 0 Å². The molecule has 0 amide bonds. The summed E-state index contributed by atoms with van der Waals surface area (Å²) in [5.74, 6) is 0.641. The molecule has 1 unspecified atom stereocenters. The third-order valence-corrected chi connectivity index (χ3v) is 4.93. The maximum absolute atomic E-state index is 13.2. The van der Waals surface area contributed by atoms with Crippen molar-refractivity contribution in [3.8, 4) is 0 Å². The Labute approximate surface area is 130 Å². The van der Waals surface area contributed by atoms with Crippen molar-refractivity contribution in [1.82, 2.24) is 9.80 Å². The molecule has 21 heavy (non-hydrogen) atoms. The molecule has 1 heterocycles. The van der Waals surface area contributed by atoms with Gasteiger partial charge in [0, 0.05) is 50.3 Å². The fourth-order valence-corrected chi connectivity index (χ4v) is 3.46. The van der Waals surface area contributed by atoms with Crippen LogP contribution in [0, 0.1) is 11.7 Å². The van der Waals surface area contributed by atoms with Crippen LogP contribution in [-0.4, -0.2) is 49.1 Å². The largest absolute Gasteiger partial charge is 0.329 e. The molecule has 3 rings (SSSR count). The highest BCUT2D eigenvalue weighted by atomic mass is 35.5. The fourth-order valence-electron chi connectivity index (χ4n) is 3.17. The summed E-state index contributed by atoms with van der Waals surface area (Å²) in [6, 6.07) is 4.70. The Morgan fingerprint density at radius 3 is 2.52 bits per heavy atom. The SMILES string of the molecule is NCC(c1ccc(F)cc1Cl)N1CCN(CC2CC2)CC1. The van der Waals surface area contributed by atoms with Gasteiger partial charge in [-0.15, -0.1) is 0 Å². The van der Waals surface area contributed by atoms with Crippen molar-refractivity contribution < 1.29 is 4.39 Å². The third kappa shape index (κ3) is 3.75. The first kappa shape index (κ1) is 15.2. The zero-order chi connectivity index (χ0) is 14.8. The number of halogens is 2. The molecule has 1 atom stereocenters. The van der Waals surface area contributed by atoms with Gasteiger partial charge in [0.15, 0.2) is 0 Å². The minimum Gasteiger partial charge on any atom is -0.329 e. The molecule has 2 N–H and O–H groups in total. The van der Waals surface area contributed by atoms with Crippen molar-refractivity contribution >= 4 is 11.6 Å². The van der Waals surface area contributed by atoms with E-state index in [4.69, 9.17) is 17.3 Å². The number of hydrogen-bond donors (Lipinski definition) is 1. The standard InChI is InChI=1S/C16H23ClFN3/c17-15-9-13(18)3-4-14(15)16(10-19)21-7-5-20(6-8-21)11-12-1-2-12/h3-4,9,12,16H,1-2,5-8,10-11,19H2. The number of benzene rings is 1. The molecule has 5 heteroatoms. The highest BCUT2D eigenvalue weighted by Gasteiger charge is 2.29. The zero-order valence-corrected chi connectivity index (χ0v) is 13.0. The van der Waals surface area contributed by atoms with Crippen molar-refractivity contribution in [2.75, 3.05) is 39.3 Å². The van der Waals surface area contributed by atoms with E-state index in [0.29, 0.717) is 11.6 Å². The lowest BCUT2D eigenvalue weighted by Gasteiger charge is -2.39. The molecule has 3 nitrogen and oxygen atoms in total. The number of rotatable bonds is 5. The van der Waals surface area contributed by atoms with Crippen LogP contribution in [-0.2, 0) is 0 Å². The molecule has 2 aliphatic rings. The van der Waals surface area contributed by atoms with Crippen LogP contribution in [0.15, 0.2) is 18.2 Å². The molecular weight excluding hydrogens is 289 g/mol. The lowest BCUT2D eigenvalue weighted by atomic mass is 10.0. The lowest BCUT2D eigenvalue weighted by Crippen LogP contribution is -2.49. The molecule has 0 spiro atoms. The fraction of sp³-hybridized carbons (Fsp3) is 0.625. The Morgan fingerprint density at radius 2 is 1.95 bits per heavy atom. The van der Waals surface area contributed by atoms with Gasteiger partial charge in [-0.2, -0.15) is 0 Å². The van der Waals surface area contributed by atoms with Gasteiger partial charge in [-0.05, 0) is 36.5 Å². The van der Waals surface area contributed by atoms with Crippen molar-refractivity contribution in [2.24, 2.45) is 11.7 Å². The van der Waals surface area contributed by atoms with Gasteiger partial charge in [-0.3, -0.25) is 4.90 Å². The second kappa shape index (κ2) is 6.61. The van der Waals surface area contributed by atoms with Crippen molar-refractivity contribution in [3.05, 3.63) is 34.6 Å². The van der Waals surface area contributed by atoms with Crippen LogP contribution in [0.3, 0.4) is 0 Å². The summed E-state index contributed by atoms with van der Waals surface area (Å²) < 4.78 is 13.2. The van der Waals surface area contributed by atoms with Crippen LogP contribution in [0.5, 0.6) is 0 Å². The molecule has 0 radical (unpaired) electrons. The van der Waals surface area contributed by atoms with Gasteiger partial charge < -0.3 is 10.6 Å². The van der Waals surface area contributed by atoms with Crippen molar-refractivity contribution in [2.45, 2.75) is 18.9 Å². The van der Waals surface area contributed by atoms with Crippen LogP contribution in [0.1, 0.15) is 24.4 Å². The number of piperazine rings is 1. The van der Waals surface area contributed by atoms with E-state index >= 15 is 0 Å². The number of nitrogens with zero attached hydrogens (tertiary/aromatic N) is 2. The Morgan fingerprint density at radius 1 is 1.24 bits per heavy atom. The molecular formula is C16H23ClFN3. The Kier molecular flexibility index (Phi) is 4.79. The second-order valence-corrected chi connectivity index (χ2v) is 6.60. The van der Waals surface area contributed by atoms with E-state index in [1.165, 1.54) is 31.5 Å². The summed E-state index contributed by atoms with van der Waals surface area (Å²) >= 11 is 6.20.